The topological polar surface area (TPSA) is 20.2 Å². The second-order valence-electron chi connectivity index (χ2n) is 2.44. The van der Waals surface area contributed by atoms with Crippen molar-refractivity contribution in [2.45, 2.75) is 18.9 Å². The summed E-state index contributed by atoms with van der Waals surface area (Å²) in [7, 11) is 0. The summed E-state index contributed by atoms with van der Waals surface area (Å²) in [4.78, 5) is 0. The Morgan fingerprint density at radius 2 is 2.20 bits per heavy atom. The third-order valence-electron chi connectivity index (χ3n) is 1.15. The smallest absolute Gasteiger partial charge is 0.0688 e. The average Bonchev–Trinajstić information content (AvgIpc) is 1.84. The summed E-state index contributed by atoms with van der Waals surface area (Å²) in [6.45, 7) is 8.77. The standard InChI is InChI=1S/C9H14O/c1-4-6-8-9(3,10)7-5-2/h4-6,8,10H,1-2,7H2,3H3/t9-/m1/s1. The highest BCUT2D eigenvalue weighted by molar-refractivity contribution is 5.08. The molecule has 56 valence electrons. The van der Waals surface area contributed by atoms with Gasteiger partial charge in [0, 0.05) is 0 Å². The molecule has 0 unspecified atom stereocenters. The molecule has 0 aromatic carbocycles. The molecule has 0 saturated heterocycles. The van der Waals surface area contributed by atoms with Crippen LogP contribution in [0.4, 0.5) is 0 Å². The SMILES string of the molecule is [CH2][CH][CH][CH][C@](C)(O)CC=C. The zero-order valence-corrected chi connectivity index (χ0v) is 6.38. The maximum Gasteiger partial charge on any atom is 0.0688 e. The molecule has 0 bridgehead atoms. The Morgan fingerprint density at radius 3 is 2.60 bits per heavy atom. The van der Waals surface area contributed by atoms with E-state index in [4.69, 9.17) is 0 Å². The zero-order valence-electron chi connectivity index (χ0n) is 6.38. The number of hydrogen-bond acceptors (Lipinski definition) is 1. The van der Waals surface area contributed by atoms with E-state index >= 15 is 0 Å². The van der Waals surface area contributed by atoms with Gasteiger partial charge in [-0.25, -0.2) is 0 Å². The van der Waals surface area contributed by atoms with E-state index in [1.807, 2.05) is 0 Å². The Bertz CT molecular complexity index is 94.9. The van der Waals surface area contributed by atoms with Crippen LogP contribution in [0.15, 0.2) is 12.7 Å². The first-order valence-electron chi connectivity index (χ1n) is 3.26. The molecule has 1 atom stereocenters. The molecule has 0 aliphatic carbocycles. The molecular weight excluding hydrogens is 124 g/mol. The minimum Gasteiger partial charge on any atom is -0.390 e. The molecule has 0 aromatic heterocycles. The average molecular weight is 138 g/mol. The highest BCUT2D eigenvalue weighted by Crippen LogP contribution is 2.15. The molecule has 1 heteroatoms. The summed E-state index contributed by atoms with van der Waals surface area (Å²) in [5, 5.41) is 9.44. The molecule has 0 aliphatic heterocycles. The Morgan fingerprint density at radius 1 is 1.60 bits per heavy atom. The lowest BCUT2D eigenvalue weighted by atomic mass is 9.96. The van der Waals surface area contributed by atoms with Crippen LogP contribution < -0.4 is 0 Å². The second kappa shape index (κ2) is 4.51. The van der Waals surface area contributed by atoms with Crippen molar-refractivity contribution in [2.24, 2.45) is 0 Å². The number of hydrogen-bond donors (Lipinski definition) is 1. The molecule has 0 saturated carbocycles. The fourth-order valence-electron chi connectivity index (χ4n) is 0.636. The Hall–Kier alpha value is -0.300. The highest BCUT2D eigenvalue weighted by atomic mass is 16.3. The molecule has 0 fully saturated rings. The molecule has 0 amide bonds. The lowest BCUT2D eigenvalue weighted by molar-refractivity contribution is 0.100. The zero-order chi connectivity index (χ0) is 8.04. The fraction of sp³-hybridized carbons (Fsp3) is 0.333. The summed E-state index contributed by atoms with van der Waals surface area (Å²) in [5.41, 5.74) is -0.768. The third kappa shape index (κ3) is 4.57. The predicted octanol–water partition coefficient (Wildman–Crippen LogP) is 1.76. The van der Waals surface area contributed by atoms with Gasteiger partial charge in [-0.15, -0.1) is 6.58 Å². The van der Waals surface area contributed by atoms with Crippen molar-refractivity contribution in [3.63, 3.8) is 0 Å². The van der Waals surface area contributed by atoms with Gasteiger partial charge in [-0.3, -0.25) is 0 Å². The lowest BCUT2D eigenvalue weighted by Gasteiger charge is -2.19. The van der Waals surface area contributed by atoms with E-state index in [1.54, 1.807) is 32.3 Å². The van der Waals surface area contributed by atoms with Gasteiger partial charge in [0.25, 0.3) is 0 Å². The first-order chi connectivity index (χ1) is 4.62. The van der Waals surface area contributed by atoms with Crippen LogP contribution in [0.3, 0.4) is 0 Å². The molecule has 0 heterocycles. The summed E-state index contributed by atoms with van der Waals surface area (Å²) >= 11 is 0. The van der Waals surface area contributed by atoms with Crippen molar-refractivity contribution in [3.8, 4) is 0 Å². The van der Waals surface area contributed by atoms with Gasteiger partial charge in [0.15, 0.2) is 0 Å². The normalized spacial score (nSPS) is 16.3. The fourth-order valence-corrected chi connectivity index (χ4v) is 0.636. The van der Waals surface area contributed by atoms with Crippen LogP contribution in [-0.4, -0.2) is 10.7 Å². The molecule has 0 rings (SSSR count). The second-order valence-corrected chi connectivity index (χ2v) is 2.44. The summed E-state index contributed by atoms with van der Waals surface area (Å²) in [5.74, 6) is 0. The van der Waals surface area contributed by atoms with E-state index in [9.17, 15) is 5.11 Å². The number of aliphatic hydroxyl groups is 1. The van der Waals surface area contributed by atoms with E-state index in [1.165, 1.54) is 0 Å². The quantitative estimate of drug-likeness (QED) is 0.574. The maximum absolute atomic E-state index is 9.44. The minimum atomic E-state index is -0.768. The van der Waals surface area contributed by atoms with Gasteiger partial charge < -0.3 is 5.11 Å². The predicted molar refractivity (Wildman–Crippen MR) is 43.7 cm³/mol. The molecular formula is C9H14O. The Labute approximate surface area is 63.8 Å². The highest BCUT2D eigenvalue weighted by Gasteiger charge is 2.16. The summed E-state index contributed by atoms with van der Waals surface area (Å²) in [6, 6.07) is 0. The van der Waals surface area contributed by atoms with Gasteiger partial charge in [0.05, 0.1) is 5.60 Å². The third-order valence-corrected chi connectivity index (χ3v) is 1.15. The first kappa shape index (κ1) is 9.70. The van der Waals surface area contributed by atoms with Crippen molar-refractivity contribution in [3.05, 3.63) is 38.8 Å². The van der Waals surface area contributed by atoms with Crippen LogP contribution in [0.5, 0.6) is 0 Å². The monoisotopic (exact) mass is 138 g/mol. The van der Waals surface area contributed by atoms with E-state index in [-0.39, 0.29) is 0 Å². The summed E-state index contributed by atoms with van der Waals surface area (Å²) in [6.07, 6.45) is 7.31. The van der Waals surface area contributed by atoms with Crippen LogP contribution in [0, 0.1) is 26.2 Å². The van der Waals surface area contributed by atoms with Gasteiger partial charge in [0.1, 0.15) is 0 Å². The van der Waals surface area contributed by atoms with Gasteiger partial charge in [-0.2, -0.15) is 0 Å². The van der Waals surface area contributed by atoms with Crippen LogP contribution >= 0.6 is 0 Å². The van der Waals surface area contributed by atoms with Crippen molar-refractivity contribution >= 4 is 0 Å². The number of unbranched alkanes of at least 4 members (excludes halogenated alkanes) is 1. The van der Waals surface area contributed by atoms with Gasteiger partial charge in [-0.05, 0) is 39.5 Å². The summed E-state index contributed by atoms with van der Waals surface area (Å²) < 4.78 is 0. The lowest BCUT2D eigenvalue weighted by Crippen LogP contribution is -2.23. The minimum absolute atomic E-state index is 0.567. The van der Waals surface area contributed by atoms with Crippen molar-refractivity contribution in [1.29, 1.82) is 0 Å². The van der Waals surface area contributed by atoms with E-state index in [0.29, 0.717) is 6.42 Å². The van der Waals surface area contributed by atoms with Crippen LogP contribution in [0.1, 0.15) is 13.3 Å². The van der Waals surface area contributed by atoms with E-state index in [2.05, 4.69) is 13.5 Å². The van der Waals surface area contributed by atoms with Crippen molar-refractivity contribution < 1.29 is 5.11 Å². The van der Waals surface area contributed by atoms with Gasteiger partial charge >= 0.3 is 0 Å². The van der Waals surface area contributed by atoms with E-state index in [0.717, 1.165) is 0 Å². The van der Waals surface area contributed by atoms with Crippen LogP contribution in [-0.2, 0) is 0 Å². The molecule has 1 N–H and O–H groups in total. The molecule has 0 aliphatic rings. The first-order valence-corrected chi connectivity index (χ1v) is 3.26. The maximum atomic E-state index is 9.44. The van der Waals surface area contributed by atoms with Gasteiger partial charge in [-0.1, -0.05) is 6.08 Å². The molecule has 0 spiro atoms. The Kier molecular flexibility index (Phi) is 4.37. The van der Waals surface area contributed by atoms with Crippen molar-refractivity contribution in [2.75, 3.05) is 0 Å². The number of rotatable bonds is 5. The molecule has 0 aromatic rings. The van der Waals surface area contributed by atoms with Crippen LogP contribution in [0.2, 0.25) is 0 Å². The van der Waals surface area contributed by atoms with Crippen molar-refractivity contribution in [1.82, 2.24) is 0 Å². The Balaban J connectivity index is 3.51. The van der Waals surface area contributed by atoms with Gasteiger partial charge in [0.2, 0.25) is 0 Å². The molecule has 10 heavy (non-hydrogen) atoms. The van der Waals surface area contributed by atoms with E-state index < -0.39 is 5.60 Å². The largest absolute Gasteiger partial charge is 0.390 e. The molecule has 1 nitrogen and oxygen atoms in total. The van der Waals surface area contributed by atoms with Crippen LogP contribution in [0.25, 0.3) is 0 Å². The molecule has 4 radical (unpaired) electrons.